The number of halogens is 1. The summed E-state index contributed by atoms with van der Waals surface area (Å²) in [6, 6.07) is 6.03. The first-order valence-corrected chi connectivity index (χ1v) is 5.33. The molecule has 0 saturated heterocycles. The van der Waals surface area contributed by atoms with Crippen molar-refractivity contribution >= 4 is 15.9 Å². The summed E-state index contributed by atoms with van der Waals surface area (Å²) in [6.45, 7) is 0. The minimum absolute atomic E-state index is 0.0496. The lowest BCUT2D eigenvalue weighted by Crippen LogP contribution is -2.05. The van der Waals surface area contributed by atoms with E-state index in [-0.39, 0.29) is 5.41 Å². The van der Waals surface area contributed by atoms with Gasteiger partial charge in [-0.25, -0.2) is 0 Å². The van der Waals surface area contributed by atoms with Crippen molar-refractivity contribution < 1.29 is 4.74 Å². The van der Waals surface area contributed by atoms with E-state index in [1.165, 1.54) is 0 Å². The molecule has 0 spiro atoms. The van der Waals surface area contributed by atoms with Crippen molar-refractivity contribution in [2.45, 2.75) is 18.3 Å². The SMILES string of the molecule is C#CC1(c2ccc(Br)cc2OC)CC1. The minimum atomic E-state index is -0.0496. The van der Waals surface area contributed by atoms with E-state index in [1.807, 2.05) is 12.1 Å². The predicted octanol–water partition coefficient (Wildman–Crippen LogP) is 3.12. The number of hydrogen-bond donors (Lipinski definition) is 0. The van der Waals surface area contributed by atoms with Crippen LogP contribution in [0.2, 0.25) is 0 Å². The Morgan fingerprint density at radius 3 is 2.71 bits per heavy atom. The Hall–Kier alpha value is -0.940. The number of rotatable bonds is 2. The zero-order valence-electron chi connectivity index (χ0n) is 8.01. The summed E-state index contributed by atoms with van der Waals surface area (Å²) in [6.07, 6.45) is 7.69. The fourth-order valence-corrected chi connectivity index (χ4v) is 2.02. The molecule has 1 saturated carbocycles. The molecule has 0 atom stereocenters. The summed E-state index contributed by atoms with van der Waals surface area (Å²) in [7, 11) is 1.68. The minimum Gasteiger partial charge on any atom is -0.496 e. The summed E-state index contributed by atoms with van der Waals surface area (Å²) in [5.74, 6) is 3.75. The Morgan fingerprint density at radius 1 is 1.50 bits per heavy atom. The second-order valence-electron chi connectivity index (χ2n) is 3.57. The number of ether oxygens (including phenoxy) is 1. The summed E-state index contributed by atoms with van der Waals surface area (Å²) < 4.78 is 6.35. The molecule has 0 heterocycles. The maximum atomic E-state index is 5.55. The number of methoxy groups -OCH3 is 1. The molecule has 1 fully saturated rings. The second-order valence-corrected chi connectivity index (χ2v) is 4.49. The number of hydrogen-bond acceptors (Lipinski definition) is 1. The van der Waals surface area contributed by atoms with Crippen LogP contribution in [0.3, 0.4) is 0 Å². The number of benzene rings is 1. The van der Waals surface area contributed by atoms with Crippen molar-refractivity contribution in [1.29, 1.82) is 0 Å². The van der Waals surface area contributed by atoms with Gasteiger partial charge in [-0.1, -0.05) is 27.9 Å². The van der Waals surface area contributed by atoms with Gasteiger partial charge in [-0.15, -0.1) is 6.42 Å². The fraction of sp³-hybridized carbons (Fsp3) is 0.333. The lowest BCUT2D eigenvalue weighted by atomic mass is 9.96. The molecule has 72 valence electrons. The van der Waals surface area contributed by atoms with Gasteiger partial charge in [0.15, 0.2) is 0 Å². The van der Waals surface area contributed by atoms with Gasteiger partial charge in [-0.05, 0) is 25.0 Å². The topological polar surface area (TPSA) is 9.23 Å². The molecule has 2 heteroatoms. The second kappa shape index (κ2) is 3.33. The molecule has 0 unspecified atom stereocenters. The van der Waals surface area contributed by atoms with Gasteiger partial charge < -0.3 is 4.74 Å². The lowest BCUT2D eigenvalue weighted by Gasteiger charge is -2.13. The van der Waals surface area contributed by atoms with Gasteiger partial charge in [0.05, 0.1) is 12.5 Å². The molecule has 0 amide bonds. The molecule has 1 aliphatic carbocycles. The van der Waals surface area contributed by atoms with Crippen molar-refractivity contribution in [3.05, 3.63) is 28.2 Å². The average molecular weight is 251 g/mol. The maximum Gasteiger partial charge on any atom is 0.124 e. The summed E-state index contributed by atoms with van der Waals surface area (Å²) >= 11 is 3.41. The van der Waals surface area contributed by atoms with Crippen LogP contribution in [-0.4, -0.2) is 7.11 Å². The van der Waals surface area contributed by atoms with Crippen LogP contribution >= 0.6 is 15.9 Å². The van der Waals surface area contributed by atoms with Gasteiger partial charge in [0.2, 0.25) is 0 Å². The molecule has 1 aromatic rings. The zero-order chi connectivity index (χ0) is 10.2. The van der Waals surface area contributed by atoms with Crippen LogP contribution in [0.25, 0.3) is 0 Å². The summed E-state index contributed by atoms with van der Waals surface area (Å²) in [4.78, 5) is 0. The Labute approximate surface area is 92.6 Å². The van der Waals surface area contributed by atoms with Crippen LogP contribution in [-0.2, 0) is 5.41 Å². The van der Waals surface area contributed by atoms with Crippen molar-refractivity contribution in [3.63, 3.8) is 0 Å². The molecular formula is C12H11BrO. The van der Waals surface area contributed by atoms with E-state index in [1.54, 1.807) is 7.11 Å². The Balaban J connectivity index is 2.49. The Morgan fingerprint density at radius 2 is 2.21 bits per heavy atom. The quantitative estimate of drug-likeness (QED) is 0.734. The van der Waals surface area contributed by atoms with Crippen molar-refractivity contribution in [2.75, 3.05) is 7.11 Å². The molecule has 0 aromatic heterocycles. The van der Waals surface area contributed by atoms with Gasteiger partial charge in [0.25, 0.3) is 0 Å². The van der Waals surface area contributed by atoms with Crippen molar-refractivity contribution in [3.8, 4) is 18.1 Å². The van der Waals surface area contributed by atoms with Crippen LogP contribution < -0.4 is 4.74 Å². The molecule has 0 aliphatic heterocycles. The lowest BCUT2D eigenvalue weighted by molar-refractivity contribution is 0.407. The molecule has 1 nitrogen and oxygen atoms in total. The molecule has 1 aromatic carbocycles. The summed E-state index contributed by atoms with van der Waals surface area (Å²) in [5, 5.41) is 0. The third-order valence-corrected chi connectivity index (χ3v) is 3.20. The van der Waals surface area contributed by atoms with Crippen LogP contribution in [0.1, 0.15) is 18.4 Å². The molecule has 0 N–H and O–H groups in total. The van der Waals surface area contributed by atoms with Crippen LogP contribution in [0.4, 0.5) is 0 Å². The first-order valence-electron chi connectivity index (χ1n) is 4.54. The highest BCUT2D eigenvalue weighted by atomic mass is 79.9. The van der Waals surface area contributed by atoms with Crippen LogP contribution in [0, 0.1) is 12.3 Å². The van der Waals surface area contributed by atoms with Crippen LogP contribution in [0.5, 0.6) is 5.75 Å². The monoisotopic (exact) mass is 250 g/mol. The Kier molecular flexibility index (Phi) is 2.28. The summed E-state index contributed by atoms with van der Waals surface area (Å²) in [5.41, 5.74) is 1.09. The van der Waals surface area contributed by atoms with E-state index in [0.717, 1.165) is 28.6 Å². The average Bonchev–Trinajstić information content (AvgIpc) is 2.98. The molecular weight excluding hydrogens is 240 g/mol. The van der Waals surface area contributed by atoms with Crippen molar-refractivity contribution in [1.82, 2.24) is 0 Å². The largest absolute Gasteiger partial charge is 0.496 e. The smallest absolute Gasteiger partial charge is 0.124 e. The fourth-order valence-electron chi connectivity index (χ4n) is 1.68. The molecule has 0 radical (unpaired) electrons. The van der Waals surface area contributed by atoms with E-state index >= 15 is 0 Å². The molecule has 14 heavy (non-hydrogen) atoms. The molecule has 1 aliphatic rings. The van der Waals surface area contributed by atoms with Gasteiger partial charge in [0.1, 0.15) is 5.75 Å². The van der Waals surface area contributed by atoms with Gasteiger partial charge in [0, 0.05) is 10.0 Å². The predicted molar refractivity (Wildman–Crippen MR) is 60.4 cm³/mol. The standard InChI is InChI=1S/C12H11BrO/c1-3-12(6-7-12)10-5-4-9(13)8-11(10)14-2/h1,4-5,8H,6-7H2,2H3. The third kappa shape index (κ3) is 1.42. The maximum absolute atomic E-state index is 5.55. The van der Waals surface area contributed by atoms with Gasteiger partial charge in [-0.2, -0.15) is 0 Å². The molecule has 0 bridgehead atoms. The van der Waals surface area contributed by atoms with Crippen molar-refractivity contribution in [2.24, 2.45) is 0 Å². The first kappa shape index (κ1) is 9.61. The molecule has 2 rings (SSSR count). The highest BCUT2D eigenvalue weighted by Crippen LogP contribution is 2.51. The first-order chi connectivity index (χ1) is 6.72. The third-order valence-electron chi connectivity index (χ3n) is 2.71. The van der Waals surface area contributed by atoms with Gasteiger partial charge in [-0.3, -0.25) is 0 Å². The van der Waals surface area contributed by atoms with E-state index in [9.17, 15) is 0 Å². The van der Waals surface area contributed by atoms with Crippen LogP contribution in [0.15, 0.2) is 22.7 Å². The highest BCUT2D eigenvalue weighted by Gasteiger charge is 2.44. The van der Waals surface area contributed by atoms with Gasteiger partial charge >= 0.3 is 0 Å². The van der Waals surface area contributed by atoms with E-state index in [0.29, 0.717) is 0 Å². The van der Waals surface area contributed by atoms with E-state index < -0.39 is 0 Å². The Bertz CT molecular complexity index is 399. The number of terminal acetylenes is 1. The van der Waals surface area contributed by atoms with E-state index in [4.69, 9.17) is 11.2 Å². The van der Waals surface area contributed by atoms with E-state index in [2.05, 4.69) is 27.9 Å². The zero-order valence-corrected chi connectivity index (χ0v) is 9.60. The normalized spacial score (nSPS) is 17.2. The highest BCUT2D eigenvalue weighted by molar-refractivity contribution is 9.10.